The Morgan fingerprint density at radius 2 is 2.03 bits per heavy atom. The number of aromatic nitrogens is 2. The molecule has 2 aromatic carbocycles. The molecule has 1 fully saturated rings. The number of hydrogen-bond acceptors (Lipinski definition) is 5. The van der Waals surface area contributed by atoms with E-state index in [-0.39, 0.29) is 12.0 Å². The van der Waals surface area contributed by atoms with E-state index < -0.39 is 0 Å². The number of amides is 1. The van der Waals surface area contributed by atoms with Crippen molar-refractivity contribution in [2.24, 2.45) is 5.73 Å². The number of imidazole rings is 1. The standard InChI is InChI=1S/C24H26N4O2S/c1-2-11-28-18-9-5-4-8-17(18)26-21(28)15-27-12-13-30-19(14-27)22-16-7-3-6-10-20(16)31-23(22)24(25)29/h3-10,19H,2,11-15H2,1H3,(H2,25,29)/t19-/m1/s1. The molecule has 0 unspecified atom stereocenters. The first kappa shape index (κ1) is 20.2. The molecule has 1 saturated heterocycles. The summed E-state index contributed by atoms with van der Waals surface area (Å²) in [6, 6.07) is 16.4. The maximum Gasteiger partial charge on any atom is 0.259 e. The van der Waals surface area contributed by atoms with Crippen molar-refractivity contribution in [3.63, 3.8) is 0 Å². The maximum atomic E-state index is 12.2. The highest BCUT2D eigenvalue weighted by Crippen LogP contribution is 2.38. The Morgan fingerprint density at radius 1 is 1.23 bits per heavy atom. The number of morpholine rings is 1. The summed E-state index contributed by atoms with van der Waals surface area (Å²) in [4.78, 5) is 20.1. The van der Waals surface area contributed by atoms with E-state index >= 15 is 0 Å². The monoisotopic (exact) mass is 434 g/mol. The summed E-state index contributed by atoms with van der Waals surface area (Å²) in [6.07, 6.45) is 0.874. The van der Waals surface area contributed by atoms with Crippen LogP contribution < -0.4 is 5.73 Å². The Balaban J connectivity index is 1.45. The van der Waals surface area contributed by atoms with Crippen LogP contribution in [-0.4, -0.2) is 40.1 Å². The van der Waals surface area contributed by atoms with Crippen LogP contribution in [0.3, 0.4) is 0 Å². The Morgan fingerprint density at radius 3 is 2.87 bits per heavy atom. The predicted octanol–water partition coefficient (Wildman–Crippen LogP) is 4.33. The fourth-order valence-corrected chi connectivity index (χ4v) is 5.61. The summed E-state index contributed by atoms with van der Waals surface area (Å²) >= 11 is 1.45. The normalized spacial score (nSPS) is 17.5. The van der Waals surface area contributed by atoms with E-state index in [9.17, 15) is 4.79 Å². The highest BCUT2D eigenvalue weighted by molar-refractivity contribution is 7.21. The number of ether oxygens (including phenoxy) is 1. The van der Waals surface area contributed by atoms with Gasteiger partial charge in [-0.3, -0.25) is 9.69 Å². The van der Waals surface area contributed by atoms with Crippen LogP contribution in [0, 0.1) is 0 Å². The number of thiophene rings is 1. The van der Waals surface area contributed by atoms with Gasteiger partial charge in [0.25, 0.3) is 5.91 Å². The first-order valence-electron chi connectivity index (χ1n) is 10.7. The number of rotatable bonds is 6. The molecule has 0 saturated carbocycles. The summed E-state index contributed by atoms with van der Waals surface area (Å²) < 4.78 is 9.55. The second-order valence-electron chi connectivity index (χ2n) is 7.97. The molecule has 2 N–H and O–H groups in total. The first-order chi connectivity index (χ1) is 15.2. The van der Waals surface area contributed by atoms with Crippen molar-refractivity contribution in [1.82, 2.24) is 14.5 Å². The lowest BCUT2D eigenvalue weighted by Gasteiger charge is -2.33. The molecule has 1 aliphatic heterocycles. The topological polar surface area (TPSA) is 73.4 Å². The lowest BCUT2D eigenvalue weighted by Crippen LogP contribution is -2.39. The zero-order chi connectivity index (χ0) is 21.4. The number of carbonyl (C=O) groups excluding carboxylic acids is 1. The van der Waals surface area contributed by atoms with Gasteiger partial charge in [0.15, 0.2) is 0 Å². The average Bonchev–Trinajstić information content (AvgIpc) is 3.33. The van der Waals surface area contributed by atoms with Crippen molar-refractivity contribution in [2.45, 2.75) is 32.5 Å². The van der Waals surface area contributed by atoms with E-state index in [1.54, 1.807) is 0 Å². The van der Waals surface area contributed by atoms with Gasteiger partial charge in [0, 0.05) is 29.9 Å². The summed E-state index contributed by atoms with van der Waals surface area (Å²) in [5, 5.41) is 1.06. The lowest BCUT2D eigenvalue weighted by atomic mass is 10.0. The van der Waals surface area contributed by atoms with Gasteiger partial charge in [-0.2, -0.15) is 0 Å². The molecular formula is C24H26N4O2S. The van der Waals surface area contributed by atoms with Gasteiger partial charge in [-0.1, -0.05) is 37.3 Å². The Labute approximate surface area is 185 Å². The molecule has 5 rings (SSSR count). The highest BCUT2D eigenvalue weighted by atomic mass is 32.1. The third-order valence-electron chi connectivity index (χ3n) is 5.88. The van der Waals surface area contributed by atoms with Gasteiger partial charge in [0.2, 0.25) is 0 Å². The van der Waals surface area contributed by atoms with Crippen LogP contribution in [0.25, 0.3) is 21.1 Å². The van der Waals surface area contributed by atoms with Crippen molar-refractivity contribution in [3.8, 4) is 0 Å². The van der Waals surface area contributed by atoms with E-state index in [4.69, 9.17) is 15.5 Å². The SMILES string of the molecule is CCCn1c(CN2CCO[C@@H](c3c(C(N)=O)sc4ccccc34)C2)nc2ccccc21. The van der Waals surface area contributed by atoms with Crippen LogP contribution in [0.5, 0.6) is 0 Å². The van der Waals surface area contributed by atoms with E-state index in [1.165, 1.54) is 16.9 Å². The van der Waals surface area contributed by atoms with Gasteiger partial charge >= 0.3 is 0 Å². The second kappa shape index (κ2) is 8.42. The summed E-state index contributed by atoms with van der Waals surface area (Å²) in [7, 11) is 0. The first-order valence-corrected chi connectivity index (χ1v) is 11.6. The van der Waals surface area contributed by atoms with Crippen LogP contribution in [0.1, 0.15) is 40.5 Å². The molecule has 7 heteroatoms. The van der Waals surface area contributed by atoms with Crippen LogP contribution >= 0.6 is 11.3 Å². The smallest absolute Gasteiger partial charge is 0.259 e. The zero-order valence-corrected chi connectivity index (χ0v) is 18.4. The van der Waals surface area contributed by atoms with Crippen LogP contribution in [0.4, 0.5) is 0 Å². The number of benzene rings is 2. The third-order valence-corrected chi connectivity index (χ3v) is 7.08. The molecule has 160 valence electrons. The zero-order valence-electron chi connectivity index (χ0n) is 17.6. The number of hydrogen-bond donors (Lipinski definition) is 1. The van der Waals surface area contributed by atoms with Crippen LogP contribution in [0.2, 0.25) is 0 Å². The fraction of sp³-hybridized carbons (Fsp3) is 0.333. The van der Waals surface area contributed by atoms with Crippen LogP contribution in [0.15, 0.2) is 48.5 Å². The molecule has 0 radical (unpaired) electrons. The maximum absolute atomic E-state index is 12.2. The third kappa shape index (κ3) is 3.73. The molecule has 1 amide bonds. The Kier molecular flexibility index (Phi) is 5.48. The number of nitrogens with zero attached hydrogens (tertiary/aromatic N) is 3. The molecule has 1 atom stereocenters. The quantitative estimate of drug-likeness (QED) is 0.490. The van der Waals surface area contributed by atoms with Gasteiger partial charge in [0.1, 0.15) is 5.82 Å². The van der Waals surface area contributed by atoms with E-state index in [2.05, 4.69) is 40.7 Å². The number of fused-ring (bicyclic) bond motifs is 2. The largest absolute Gasteiger partial charge is 0.371 e. The Hall–Kier alpha value is -2.74. The van der Waals surface area contributed by atoms with Gasteiger partial charge in [-0.25, -0.2) is 4.98 Å². The molecule has 0 spiro atoms. The molecule has 0 aliphatic carbocycles. The Bertz CT molecular complexity index is 1250. The number of para-hydroxylation sites is 2. The van der Waals surface area contributed by atoms with Gasteiger partial charge < -0.3 is 15.0 Å². The summed E-state index contributed by atoms with van der Waals surface area (Å²) in [5.41, 5.74) is 8.88. The van der Waals surface area contributed by atoms with Gasteiger partial charge in [0.05, 0.1) is 35.2 Å². The molecule has 4 aromatic rings. The summed E-state index contributed by atoms with van der Waals surface area (Å²) in [6.45, 7) is 6.04. The average molecular weight is 435 g/mol. The number of aryl methyl sites for hydroxylation is 1. The number of primary amides is 1. The predicted molar refractivity (Wildman–Crippen MR) is 124 cm³/mol. The number of carbonyl (C=O) groups is 1. The minimum absolute atomic E-state index is 0.184. The molecule has 6 nitrogen and oxygen atoms in total. The molecular weight excluding hydrogens is 408 g/mol. The van der Waals surface area contributed by atoms with Crippen molar-refractivity contribution in [2.75, 3.05) is 19.7 Å². The van der Waals surface area contributed by atoms with E-state index in [0.29, 0.717) is 18.0 Å². The minimum atomic E-state index is -0.387. The molecule has 2 aromatic heterocycles. The van der Waals surface area contributed by atoms with Gasteiger partial charge in [-0.15, -0.1) is 11.3 Å². The fourth-order valence-electron chi connectivity index (χ4n) is 4.51. The molecule has 0 bridgehead atoms. The van der Waals surface area contributed by atoms with Gasteiger partial charge in [-0.05, 0) is 30.0 Å². The number of nitrogens with two attached hydrogens (primary N) is 1. The minimum Gasteiger partial charge on any atom is -0.371 e. The molecule has 1 aliphatic rings. The van der Waals surface area contributed by atoms with Crippen molar-refractivity contribution >= 4 is 38.4 Å². The summed E-state index contributed by atoms with van der Waals surface area (Å²) in [5.74, 6) is 0.690. The van der Waals surface area contributed by atoms with Crippen molar-refractivity contribution < 1.29 is 9.53 Å². The van der Waals surface area contributed by atoms with Crippen LogP contribution in [-0.2, 0) is 17.8 Å². The second-order valence-corrected chi connectivity index (χ2v) is 9.02. The lowest BCUT2D eigenvalue weighted by molar-refractivity contribution is -0.0332. The van der Waals surface area contributed by atoms with E-state index in [0.717, 1.165) is 53.0 Å². The molecule has 3 heterocycles. The molecule has 31 heavy (non-hydrogen) atoms. The highest BCUT2D eigenvalue weighted by Gasteiger charge is 2.29. The van der Waals surface area contributed by atoms with E-state index in [1.807, 2.05) is 24.3 Å². The van der Waals surface area contributed by atoms with Crippen molar-refractivity contribution in [3.05, 3.63) is 64.8 Å². The van der Waals surface area contributed by atoms with Crippen molar-refractivity contribution in [1.29, 1.82) is 0 Å².